The number of benzene rings is 1. The van der Waals surface area contributed by atoms with E-state index in [1.807, 2.05) is 30.3 Å². The van der Waals surface area contributed by atoms with Crippen LogP contribution >= 0.6 is 11.6 Å². The third-order valence-electron chi connectivity index (χ3n) is 3.78. The minimum Gasteiger partial charge on any atom is -0.168 e. The highest BCUT2D eigenvalue weighted by atomic mass is 35.5. The van der Waals surface area contributed by atoms with Crippen molar-refractivity contribution in [3.05, 3.63) is 48.2 Å². The second-order valence-electron chi connectivity index (χ2n) is 5.05. The fourth-order valence-corrected chi connectivity index (χ4v) is 2.87. The molecule has 2 nitrogen and oxygen atoms in total. The third kappa shape index (κ3) is 3.46. The summed E-state index contributed by atoms with van der Waals surface area (Å²) in [5.41, 5.74) is -1.22. The number of rotatable bonds is 6. The normalized spacial score (nSPS) is 22.7. The predicted molar refractivity (Wildman–Crippen MR) is 76.4 cm³/mol. The number of halogens is 4. The Morgan fingerprint density at radius 1 is 1.14 bits per heavy atom. The lowest BCUT2D eigenvalue weighted by atomic mass is 9.78. The lowest BCUT2D eigenvalue weighted by Crippen LogP contribution is -2.47. The molecule has 2 rings (SSSR count). The molecule has 0 aliphatic carbocycles. The summed E-state index contributed by atoms with van der Waals surface area (Å²) in [4.78, 5) is 0. The first-order chi connectivity index (χ1) is 9.99. The van der Waals surface area contributed by atoms with Crippen molar-refractivity contribution in [2.24, 2.45) is 16.1 Å². The first-order valence-electron chi connectivity index (χ1n) is 6.76. The molecule has 0 amide bonds. The van der Waals surface area contributed by atoms with Gasteiger partial charge in [-0.05, 0) is 30.9 Å². The molecule has 2 unspecified atom stereocenters. The van der Waals surface area contributed by atoms with Crippen molar-refractivity contribution < 1.29 is 13.2 Å². The number of alkyl halides is 4. The van der Waals surface area contributed by atoms with Crippen LogP contribution in [-0.4, -0.2) is 17.6 Å². The number of hydrogen-bond acceptors (Lipinski definition) is 2. The zero-order valence-corrected chi connectivity index (χ0v) is 12.1. The van der Waals surface area contributed by atoms with Crippen LogP contribution in [0.2, 0.25) is 0 Å². The monoisotopic (exact) mass is 316 g/mol. The quantitative estimate of drug-likeness (QED) is 0.649. The van der Waals surface area contributed by atoms with E-state index in [1.165, 1.54) is 0 Å². The highest BCUT2D eigenvalue weighted by molar-refractivity contribution is 6.17. The van der Waals surface area contributed by atoms with Crippen LogP contribution in [0, 0.1) is 5.92 Å². The average molecular weight is 317 g/mol. The number of aryl methyl sites for hydroxylation is 1. The van der Waals surface area contributed by atoms with Crippen LogP contribution in [-0.2, 0) is 6.42 Å². The summed E-state index contributed by atoms with van der Waals surface area (Å²) >= 11 is 5.70. The molecular weight excluding hydrogens is 301 g/mol. The molecule has 0 N–H and O–H groups in total. The topological polar surface area (TPSA) is 24.7 Å². The lowest BCUT2D eigenvalue weighted by Gasteiger charge is -2.33. The third-order valence-corrected chi connectivity index (χ3v) is 4.00. The standard InChI is InChI=1S/C15H16ClF3N2/c16-10-8-13(7-6-12-4-2-1-3-5-12)14(15(17,18)19)9-11-20-21-14/h1-5,9,11,13H,6-8,10H2. The van der Waals surface area contributed by atoms with Gasteiger partial charge in [-0.15, -0.1) is 11.6 Å². The lowest BCUT2D eigenvalue weighted by molar-refractivity contribution is -0.185. The molecule has 0 fully saturated rings. The SMILES string of the molecule is FC(F)(F)C1(C(CCCl)CCc2ccccc2)C=CN=N1. The van der Waals surface area contributed by atoms with E-state index in [0.717, 1.165) is 17.8 Å². The smallest absolute Gasteiger partial charge is 0.168 e. The number of hydrogen-bond donors (Lipinski definition) is 0. The molecule has 1 aromatic rings. The van der Waals surface area contributed by atoms with Crippen molar-refractivity contribution in [2.45, 2.75) is 31.0 Å². The van der Waals surface area contributed by atoms with Gasteiger partial charge in [0.05, 0.1) is 0 Å². The summed E-state index contributed by atoms with van der Waals surface area (Å²) in [6.07, 6.45) is -1.12. The average Bonchev–Trinajstić information content (AvgIpc) is 2.95. The van der Waals surface area contributed by atoms with Crippen LogP contribution < -0.4 is 0 Å². The molecule has 0 bridgehead atoms. The molecule has 0 saturated heterocycles. The molecule has 1 aromatic carbocycles. The molecule has 1 aliphatic rings. The second-order valence-corrected chi connectivity index (χ2v) is 5.43. The zero-order valence-electron chi connectivity index (χ0n) is 11.4. The zero-order chi connectivity index (χ0) is 15.3. The summed E-state index contributed by atoms with van der Waals surface area (Å²) in [6, 6.07) is 9.44. The van der Waals surface area contributed by atoms with Gasteiger partial charge in [-0.1, -0.05) is 30.3 Å². The fourth-order valence-electron chi connectivity index (χ4n) is 2.61. The maximum absolute atomic E-state index is 13.5. The Hall–Kier alpha value is -1.36. The van der Waals surface area contributed by atoms with Crippen LogP contribution in [0.5, 0.6) is 0 Å². The van der Waals surface area contributed by atoms with Crippen molar-refractivity contribution >= 4 is 11.6 Å². The molecule has 1 heterocycles. The van der Waals surface area contributed by atoms with Gasteiger partial charge in [0.1, 0.15) is 0 Å². The van der Waals surface area contributed by atoms with Gasteiger partial charge in [0.2, 0.25) is 0 Å². The van der Waals surface area contributed by atoms with Crippen molar-refractivity contribution in [3.8, 4) is 0 Å². The Morgan fingerprint density at radius 3 is 2.38 bits per heavy atom. The molecular formula is C15H16ClF3N2. The maximum atomic E-state index is 13.5. The van der Waals surface area contributed by atoms with Crippen LogP contribution in [0.1, 0.15) is 18.4 Å². The van der Waals surface area contributed by atoms with E-state index in [-0.39, 0.29) is 12.3 Å². The number of nitrogens with zero attached hydrogens (tertiary/aromatic N) is 2. The minimum atomic E-state index is -4.46. The van der Waals surface area contributed by atoms with Crippen molar-refractivity contribution in [3.63, 3.8) is 0 Å². The Balaban J connectivity index is 2.17. The fraction of sp³-hybridized carbons (Fsp3) is 0.467. The molecule has 0 saturated carbocycles. The van der Waals surface area contributed by atoms with Crippen LogP contribution in [0.3, 0.4) is 0 Å². The molecule has 114 valence electrons. The van der Waals surface area contributed by atoms with E-state index >= 15 is 0 Å². The highest BCUT2D eigenvalue weighted by Gasteiger charge is 2.59. The van der Waals surface area contributed by atoms with Crippen molar-refractivity contribution in [2.75, 3.05) is 5.88 Å². The highest BCUT2D eigenvalue weighted by Crippen LogP contribution is 2.46. The van der Waals surface area contributed by atoms with Gasteiger partial charge in [0.25, 0.3) is 0 Å². The van der Waals surface area contributed by atoms with Gasteiger partial charge in [0.15, 0.2) is 5.54 Å². The summed E-state index contributed by atoms with van der Waals surface area (Å²) in [5.74, 6) is -0.543. The Kier molecular flexibility index (Phi) is 5.04. The van der Waals surface area contributed by atoms with E-state index in [1.54, 1.807) is 0 Å². The Morgan fingerprint density at radius 2 is 1.86 bits per heavy atom. The Bertz CT molecular complexity index is 499. The minimum absolute atomic E-state index is 0.167. The van der Waals surface area contributed by atoms with Crippen molar-refractivity contribution in [1.29, 1.82) is 0 Å². The summed E-state index contributed by atoms with van der Waals surface area (Å²) in [7, 11) is 0. The molecule has 0 aromatic heterocycles. The van der Waals surface area contributed by atoms with E-state index in [0.29, 0.717) is 12.8 Å². The van der Waals surface area contributed by atoms with Crippen molar-refractivity contribution in [1.82, 2.24) is 0 Å². The largest absolute Gasteiger partial charge is 0.419 e. The van der Waals surface area contributed by atoms with Gasteiger partial charge in [-0.2, -0.15) is 23.4 Å². The molecule has 1 aliphatic heterocycles. The van der Waals surface area contributed by atoms with Crippen LogP contribution in [0.15, 0.2) is 52.8 Å². The second kappa shape index (κ2) is 6.60. The molecule has 21 heavy (non-hydrogen) atoms. The summed E-state index contributed by atoms with van der Waals surface area (Å²) in [6.45, 7) is 0. The molecule has 6 heteroatoms. The van der Waals surface area contributed by atoms with Gasteiger partial charge < -0.3 is 0 Å². The molecule has 0 radical (unpaired) electrons. The van der Waals surface area contributed by atoms with E-state index < -0.39 is 17.6 Å². The first kappa shape index (κ1) is 16.0. The van der Waals surface area contributed by atoms with E-state index in [4.69, 9.17) is 11.6 Å². The van der Waals surface area contributed by atoms with Crippen LogP contribution in [0.25, 0.3) is 0 Å². The Labute approximate surface area is 126 Å². The summed E-state index contributed by atoms with van der Waals surface area (Å²) < 4.78 is 40.4. The molecule has 2 atom stereocenters. The van der Waals surface area contributed by atoms with Gasteiger partial charge in [-0.25, -0.2) is 0 Å². The van der Waals surface area contributed by atoms with Gasteiger partial charge in [-0.3, -0.25) is 0 Å². The maximum Gasteiger partial charge on any atom is 0.419 e. The predicted octanol–water partition coefficient (Wildman–Crippen LogP) is 5.14. The summed E-state index contributed by atoms with van der Waals surface area (Å²) in [5, 5.41) is 6.94. The van der Waals surface area contributed by atoms with Gasteiger partial charge in [0, 0.05) is 18.0 Å². The van der Waals surface area contributed by atoms with E-state index in [9.17, 15) is 13.2 Å². The molecule has 0 spiro atoms. The number of azo groups is 1. The van der Waals surface area contributed by atoms with E-state index in [2.05, 4.69) is 10.2 Å². The van der Waals surface area contributed by atoms with Gasteiger partial charge >= 0.3 is 6.18 Å². The first-order valence-corrected chi connectivity index (χ1v) is 7.29. The van der Waals surface area contributed by atoms with Crippen LogP contribution in [0.4, 0.5) is 13.2 Å².